The largest absolute Gasteiger partial charge is 0.343 e. The van der Waals surface area contributed by atoms with Crippen LogP contribution in [0.3, 0.4) is 0 Å². The Labute approximate surface area is 201 Å². The normalized spacial score (nSPS) is 20.1. The van der Waals surface area contributed by atoms with Crippen LogP contribution in [0.4, 0.5) is 0 Å². The molecule has 1 N–H and O–H groups in total. The summed E-state index contributed by atoms with van der Waals surface area (Å²) in [6, 6.07) is 22.6. The van der Waals surface area contributed by atoms with Crippen LogP contribution in [0.15, 0.2) is 66.7 Å². The molecule has 2 atom stereocenters. The lowest BCUT2D eigenvalue weighted by atomic mass is 10.0. The Morgan fingerprint density at radius 2 is 1.71 bits per heavy atom. The Morgan fingerprint density at radius 3 is 2.38 bits per heavy atom. The van der Waals surface area contributed by atoms with Crippen molar-refractivity contribution in [2.24, 2.45) is 0 Å². The number of benzene rings is 2. The number of aryl methyl sites for hydroxylation is 3. The molecule has 34 heavy (non-hydrogen) atoms. The summed E-state index contributed by atoms with van der Waals surface area (Å²) in [5, 5.41) is 4.56. The number of nitrogens with one attached hydrogen (secondary N) is 1. The van der Waals surface area contributed by atoms with E-state index >= 15 is 0 Å². The zero-order chi connectivity index (χ0) is 23.5. The predicted molar refractivity (Wildman–Crippen MR) is 133 cm³/mol. The molecule has 0 radical (unpaired) electrons. The molecule has 2 aromatic heterocycles. The van der Waals surface area contributed by atoms with Gasteiger partial charge in [-0.15, -0.1) is 0 Å². The fraction of sp³-hybridized carbons (Fsp3) is 0.357. The van der Waals surface area contributed by atoms with Crippen LogP contribution in [-0.4, -0.2) is 32.0 Å². The predicted octanol–water partition coefficient (Wildman–Crippen LogP) is 6.23. The number of nitrogens with zero attached hydrogens (tertiary/aromatic N) is 3. The summed E-state index contributed by atoms with van der Waals surface area (Å²) in [4.78, 5) is 8.44. The number of ether oxygens (including phenoxy) is 2. The quantitative estimate of drug-likeness (QED) is 0.319. The molecule has 6 nitrogen and oxygen atoms in total. The lowest BCUT2D eigenvalue weighted by molar-refractivity contribution is -0.0939. The van der Waals surface area contributed by atoms with E-state index in [0.29, 0.717) is 12.4 Å². The van der Waals surface area contributed by atoms with Gasteiger partial charge in [-0.2, -0.15) is 5.10 Å². The number of unbranched alkanes of at least 4 members (excludes halogenated alkanes) is 1. The molecule has 1 fully saturated rings. The van der Waals surface area contributed by atoms with Crippen LogP contribution in [0.25, 0.3) is 22.5 Å². The van der Waals surface area contributed by atoms with Crippen molar-refractivity contribution in [2.75, 3.05) is 6.61 Å². The molecule has 6 heteroatoms. The molecule has 5 rings (SSSR count). The highest BCUT2D eigenvalue weighted by Gasteiger charge is 2.39. The Balaban J connectivity index is 1.28. The number of aromatic nitrogens is 4. The van der Waals surface area contributed by atoms with Crippen molar-refractivity contribution in [2.45, 2.75) is 58.5 Å². The van der Waals surface area contributed by atoms with Gasteiger partial charge in [0, 0.05) is 23.4 Å². The van der Waals surface area contributed by atoms with E-state index in [1.54, 1.807) is 0 Å². The maximum atomic E-state index is 6.42. The first-order valence-corrected chi connectivity index (χ1v) is 12.0. The minimum atomic E-state index is -0.499. The van der Waals surface area contributed by atoms with E-state index in [1.807, 2.05) is 43.3 Å². The van der Waals surface area contributed by atoms with E-state index in [4.69, 9.17) is 14.5 Å². The summed E-state index contributed by atoms with van der Waals surface area (Å²) in [7, 11) is 0. The van der Waals surface area contributed by atoms with Crippen LogP contribution >= 0.6 is 0 Å². The number of hydrogen-bond acceptors (Lipinski definition) is 4. The SMILES string of the molecule is Cc1cc(C)n(CCCC[C@@]2(C)COC(c3nc(-c4ccccc4)c(-c4ccccc4)[nH]3)O2)n1. The average Bonchev–Trinajstić information content (AvgIpc) is 3.55. The molecule has 0 aliphatic carbocycles. The molecule has 0 spiro atoms. The molecule has 3 heterocycles. The fourth-order valence-electron chi connectivity index (χ4n) is 4.63. The minimum absolute atomic E-state index is 0.327. The van der Waals surface area contributed by atoms with E-state index in [0.717, 1.165) is 54.0 Å². The van der Waals surface area contributed by atoms with E-state index in [2.05, 4.69) is 58.9 Å². The van der Waals surface area contributed by atoms with Gasteiger partial charge in [-0.05, 0) is 46.1 Å². The molecule has 2 aromatic carbocycles. The summed E-state index contributed by atoms with van der Waals surface area (Å²) in [6.07, 6.45) is 2.54. The molecular weight excluding hydrogens is 424 g/mol. The topological polar surface area (TPSA) is 65.0 Å². The molecule has 1 aliphatic heterocycles. The second-order valence-electron chi connectivity index (χ2n) is 9.40. The second kappa shape index (κ2) is 9.57. The lowest BCUT2D eigenvalue weighted by Gasteiger charge is -2.21. The van der Waals surface area contributed by atoms with Gasteiger partial charge < -0.3 is 14.5 Å². The van der Waals surface area contributed by atoms with Crippen molar-refractivity contribution >= 4 is 0 Å². The number of hydrogen-bond donors (Lipinski definition) is 1. The summed E-state index contributed by atoms with van der Waals surface area (Å²) in [5.74, 6) is 0.712. The summed E-state index contributed by atoms with van der Waals surface area (Å²) >= 11 is 0. The molecule has 4 aromatic rings. The van der Waals surface area contributed by atoms with Crippen molar-refractivity contribution in [1.29, 1.82) is 0 Å². The highest BCUT2D eigenvalue weighted by molar-refractivity contribution is 5.78. The van der Waals surface area contributed by atoms with Gasteiger partial charge in [-0.3, -0.25) is 4.68 Å². The van der Waals surface area contributed by atoms with Crippen molar-refractivity contribution in [3.05, 3.63) is 83.9 Å². The monoisotopic (exact) mass is 456 g/mol. The van der Waals surface area contributed by atoms with Crippen molar-refractivity contribution in [3.8, 4) is 22.5 Å². The van der Waals surface area contributed by atoms with Crippen molar-refractivity contribution in [3.63, 3.8) is 0 Å². The molecule has 1 saturated heterocycles. The third-order valence-electron chi connectivity index (χ3n) is 6.42. The van der Waals surface area contributed by atoms with Crippen LogP contribution in [0.5, 0.6) is 0 Å². The zero-order valence-corrected chi connectivity index (χ0v) is 20.1. The van der Waals surface area contributed by atoms with Gasteiger partial charge in [0.2, 0.25) is 6.29 Å². The highest BCUT2D eigenvalue weighted by atomic mass is 16.7. The Morgan fingerprint density at radius 1 is 1.00 bits per heavy atom. The summed E-state index contributed by atoms with van der Waals surface area (Å²) in [6.45, 7) is 7.76. The molecule has 1 unspecified atom stereocenters. The summed E-state index contributed by atoms with van der Waals surface area (Å²) in [5.41, 5.74) is 6.00. The fourth-order valence-corrected chi connectivity index (χ4v) is 4.63. The highest BCUT2D eigenvalue weighted by Crippen LogP contribution is 2.38. The van der Waals surface area contributed by atoms with Gasteiger partial charge >= 0.3 is 0 Å². The van der Waals surface area contributed by atoms with Crippen LogP contribution < -0.4 is 0 Å². The Kier molecular flexibility index (Phi) is 6.35. The second-order valence-corrected chi connectivity index (χ2v) is 9.40. The molecule has 0 saturated carbocycles. The number of H-pyrrole nitrogens is 1. The van der Waals surface area contributed by atoms with E-state index in [9.17, 15) is 0 Å². The summed E-state index contributed by atoms with van der Waals surface area (Å²) < 4.78 is 14.6. The molecular formula is C28H32N4O2. The van der Waals surface area contributed by atoms with E-state index in [1.165, 1.54) is 5.69 Å². The van der Waals surface area contributed by atoms with Gasteiger partial charge in [-0.1, -0.05) is 60.7 Å². The molecule has 1 aliphatic rings. The van der Waals surface area contributed by atoms with Gasteiger partial charge in [0.1, 0.15) is 0 Å². The van der Waals surface area contributed by atoms with Gasteiger partial charge in [-0.25, -0.2) is 4.98 Å². The van der Waals surface area contributed by atoms with Crippen molar-refractivity contribution < 1.29 is 9.47 Å². The van der Waals surface area contributed by atoms with Crippen LogP contribution in [0.2, 0.25) is 0 Å². The maximum absolute atomic E-state index is 6.42. The Hall–Kier alpha value is -3.22. The first kappa shape index (κ1) is 22.6. The van der Waals surface area contributed by atoms with Crippen LogP contribution in [-0.2, 0) is 16.0 Å². The number of imidazole rings is 1. The third-order valence-corrected chi connectivity index (χ3v) is 6.42. The number of aromatic amines is 1. The number of rotatable bonds is 8. The minimum Gasteiger partial charge on any atom is -0.343 e. The van der Waals surface area contributed by atoms with Gasteiger partial charge in [0.05, 0.1) is 29.3 Å². The first-order valence-electron chi connectivity index (χ1n) is 12.0. The van der Waals surface area contributed by atoms with Crippen molar-refractivity contribution in [1.82, 2.24) is 19.7 Å². The third kappa shape index (κ3) is 4.83. The maximum Gasteiger partial charge on any atom is 0.217 e. The molecule has 176 valence electrons. The van der Waals surface area contributed by atoms with E-state index in [-0.39, 0.29) is 5.60 Å². The van der Waals surface area contributed by atoms with Crippen LogP contribution in [0, 0.1) is 13.8 Å². The van der Waals surface area contributed by atoms with Crippen LogP contribution in [0.1, 0.15) is 49.7 Å². The molecule has 0 bridgehead atoms. The van der Waals surface area contributed by atoms with Gasteiger partial charge in [0.15, 0.2) is 5.82 Å². The smallest absolute Gasteiger partial charge is 0.217 e. The molecule has 0 amide bonds. The lowest BCUT2D eigenvalue weighted by Crippen LogP contribution is -2.27. The average molecular weight is 457 g/mol. The van der Waals surface area contributed by atoms with E-state index < -0.39 is 6.29 Å². The standard InChI is InChI=1S/C28H32N4O2/c1-20-18-21(2)32(31-20)17-11-10-16-28(3)19-33-27(34-28)26-29-24(22-12-6-4-7-13-22)25(30-26)23-14-8-5-9-15-23/h4-9,12-15,18,27H,10-11,16-17,19H2,1-3H3,(H,29,30)/t27?,28-/m0/s1. The first-order chi connectivity index (χ1) is 16.5. The van der Waals surface area contributed by atoms with Gasteiger partial charge in [0.25, 0.3) is 0 Å². The Bertz CT molecular complexity index is 1180. The zero-order valence-electron chi connectivity index (χ0n) is 20.1.